The molecule has 0 radical (unpaired) electrons. The zero-order valence-electron chi connectivity index (χ0n) is 19.6. The molecule has 2 aliphatic rings. The first kappa shape index (κ1) is 24.4. The predicted molar refractivity (Wildman–Crippen MR) is 128 cm³/mol. The van der Waals surface area contributed by atoms with Crippen LogP contribution in [0.5, 0.6) is 5.75 Å². The van der Waals surface area contributed by atoms with Gasteiger partial charge in [-0.25, -0.2) is 0 Å². The molecule has 1 saturated heterocycles. The third-order valence-corrected chi connectivity index (χ3v) is 7.58. The maximum absolute atomic E-state index is 14.5. The third kappa shape index (κ3) is 4.24. The van der Waals surface area contributed by atoms with Gasteiger partial charge in [0.1, 0.15) is 5.75 Å². The Morgan fingerprint density at radius 1 is 1.03 bits per heavy atom. The summed E-state index contributed by atoms with van der Waals surface area (Å²) in [6.45, 7) is 8.06. The van der Waals surface area contributed by atoms with Crippen LogP contribution < -0.4 is 10.1 Å². The number of nitrogens with one attached hydrogen (secondary N) is 1. The lowest BCUT2D eigenvalue weighted by Gasteiger charge is -2.42. The molecule has 0 spiro atoms. The van der Waals surface area contributed by atoms with Gasteiger partial charge in [0, 0.05) is 5.56 Å². The number of benzene rings is 2. The number of amides is 2. The van der Waals surface area contributed by atoms with E-state index in [2.05, 4.69) is 5.32 Å². The van der Waals surface area contributed by atoms with Crippen LogP contribution in [0.1, 0.15) is 62.8 Å². The van der Waals surface area contributed by atoms with E-state index < -0.39 is 28.3 Å². The first-order valence-electron chi connectivity index (χ1n) is 10.9. The summed E-state index contributed by atoms with van der Waals surface area (Å²) in [5, 5.41) is 1.66. The Balaban J connectivity index is 2.06. The van der Waals surface area contributed by atoms with Crippen molar-refractivity contribution in [1.82, 2.24) is 5.32 Å². The SMILES string of the molecule is COc1cccc(/C=C2/SC(=O)NC2=O)c1-c1cc2c(cc1C(F)(F)F)C(C)(C)CCC2(C)C. The fraction of sp³-hybridized carbons (Fsp3) is 0.385. The van der Waals surface area contributed by atoms with E-state index in [1.165, 1.54) is 19.3 Å². The largest absolute Gasteiger partial charge is 0.496 e. The monoisotopic (exact) mass is 489 g/mol. The van der Waals surface area contributed by atoms with Gasteiger partial charge in [-0.05, 0) is 82.0 Å². The molecule has 0 aromatic heterocycles. The van der Waals surface area contributed by atoms with Crippen molar-refractivity contribution in [2.45, 2.75) is 57.5 Å². The molecule has 0 atom stereocenters. The van der Waals surface area contributed by atoms with E-state index in [1.807, 2.05) is 27.7 Å². The second-order valence-corrected chi connectivity index (χ2v) is 11.0. The first-order chi connectivity index (χ1) is 15.7. The molecule has 1 heterocycles. The normalized spacial score (nSPS) is 20.3. The number of fused-ring (bicyclic) bond motifs is 1. The Labute approximate surface area is 201 Å². The number of hydrogen-bond acceptors (Lipinski definition) is 4. The quantitative estimate of drug-likeness (QED) is 0.469. The summed E-state index contributed by atoms with van der Waals surface area (Å²) >= 11 is 0.716. The van der Waals surface area contributed by atoms with Crippen LogP contribution in [0.2, 0.25) is 0 Å². The minimum atomic E-state index is -4.61. The van der Waals surface area contributed by atoms with Gasteiger partial charge >= 0.3 is 6.18 Å². The lowest BCUT2D eigenvalue weighted by Crippen LogP contribution is -2.34. The third-order valence-electron chi connectivity index (χ3n) is 6.77. The number of carbonyl (C=O) groups excluding carboxylic acids is 2. The molecule has 0 unspecified atom stereocenters. The molecular formula is C26H26F3NO3S. The summed E-state index contributed by atoms with van der Waals surface area (Å²) < 4.78 is 48.9. The predicted octanol–water partition coefficient (Wildman–Crippen LogP) is 7.05. The highest BCUT2D eigenvalue weighted by atomic mass is 32.2. The van der Waals surface area contributed by atoms with Crippen molar-refractivity contribution in [3.05, 3.63) is 57.5 Å². The van der Waals surface area contributed by atoms with E-state index in [0.29, 0.717) is 22.9 Å². The van der Waals surface area contributed by atoms with Crippen LogP contribution in [0.3, 0.4) is 0 Å². The summed E-state index contributed by atoms with van der Waals surface area (Å²) in [5.74, 6) is -0.324. The number of alkyl halides is 3. The minimum Gasteiger partial charge on any atom is -0.496 e. The Morgan fingerprint density at radius 3 is 2.18 bits per heavy atom. The summed E-state index contributed by atoms with van der Waals surface area (Å²) in [6.07, 6.45) is -1.53. The van der Waals surface area contributed by atoms with Crippen LogP contribution in [0.25, 0.3) is 17.2 Å². The fourth-order valence-corrected chi connectivity index (χ4v) is 5.42. The summed E-state index contributed by atoms with van der Waals surface area (Å²) in [7, 11) is 1.40. The standard InChI is InChI=1S/C26H26F3NO3S/c1-24(2)9-10-25(3,4)18-13-16(26(27,28)29)15(12-17(18)24)21-14(7-6-8-19(21)33-5)11-20-22(31)30-23(32)34-20/h6-8,11-13H,9-10H2,1-5H3,(H,30,31,32)/b20-11+. The highest BCUT2D eigenvalue weighted by Gasteiger charge is 2.42. The molecule has 1 fully saturated rings. The molecule has 34 heavy (non-hydrogen) atoms. The molecule has 1 aliphatic heterocycles. The summed E-state index contributed by atoms with van der Waals surface area (Å²) in [5.41, 5.74) is 0.720. The van der Waals surface area contributed by atoms with Crippen molar-refractivity contribution in [2.24, 2.45) is 0 Å². The molecule has 180 valence electrons. The van der Waals surface area contributed by atoms with Crippen LogP contribution in [-0.2, 0) is 21.8 Å². The molecule has 1 N–H and O–H groups in total. The molecule has 2 aromatic carbocycles. The maximum Gasteiger partial charge on any atom is 0.417 e. The minimum absolute atomic E-state index is 0.00365. The van der Waals surface area contributed by atoms with Gasteiger partial charge in [-0.3, -0.25) is 14.9 Å². The zero-order chi connectivity index (χ0) is 25.1. The maximum atomic E-state index is 14.5. The van der Waals surface area contributed by atoms with Crippen molar-refractivity contribution >= 4 is 29.0 Å². The average molecular weight is 490 g/mol. The van der Waals surface area contributed by atoms with E-state index in [4.69, 9.17) is 4.74 Å². The van der Waals surface area contributed by atoms with Gasteiger partial charge in [0.05, 0.1) is 17.6 Å². The molecule has 2 amide bonds. The molecule has 0 bridgehead atoms. The molecule has 0 saturated carbocycles. The average Bonchev–Trinajstić information content (AvgIpc) is 3.06. The highest BCUT2D eigenvalue weighted by Crippen LogP contribution is 2.51. The van der Waals surface area contributed by atoms with Gasteiger partial charge < -0.3 is 4.74 Å². The van der Waals surface area contributed by atoms with Gasteiger partial charge in [0.25, 0.3) is 11.1 Å². The Hall–Kier alpha value is -2.74. The lowest BCUT2D eigenvalue weighted by molar-refractivity contribution is -0.137. The number of rotatable bonds is 3. The number of hydrogen-bond donors (Lipinski definition) is 1. The van der Waals surface area contributed by atoms with Gasteiger partial charge in [-0.2, -0.15) is 13.2 Å². The first-order valence-corrected chi connectivity index (χ1v) is 11.7. The van der Waals surface area contributed by atoms with Gasteiger partial charge in [-0.15, -0.1) is 0 Å². The van der Waals surface area contributed by atoms with Crippen molar-refractivity contribution in [3.8, 4) is 16.9 Å². The zero-order valence-corrected chi connectivity index (χ0v) is 20.5. The van der Waals surface area contributed by atoms with E-state index >= 15 is 0 Å². The van der Waals surface area contributed by atoms with E-state index in [-0.39, 0.29) is 27.2 Å². The number of methoxy groups -OCH3 is 1. The van der Waals surface area contributed by atoms with Crippen LogP contribution in [0.4, 0.5) is 18.0 Å². The number of carbonyl (C=O) groups is 2. The van der Waals surface area contributed by atoms with E-state index in [1.54, 1.807) is 24.3 Å². The molecule has 4 rings (SSSR count). The molecule has 4 nitrogen and oxygen atoms in total. The van der Waals surface area contributed by atoms with Crippen molar-refractivity contribution in [2.75, 3.05) is 7.11 Å². The molecule has 8 heteroatoms. The Morgan fingerprint density at radius 2 is 1.65 bits per heavy atom. The smallest absolute Gasteiger partial charge is 0.417 e. The Bertz CT molecular complexity index is 1230. The van der Waals surface area contributed by atoms with Crippen LogP contribution >= 0.6 is 11.8 Å². The Kier molecular flexibility index (Phi) is 5.87. The van der Waals surface area contributed by atoms with E-state index in [9.17, 15) is 22.8 Å². The van der Waals surface area contributed by atoms with Crippen LogP contribution in [0.15, 0.2) is 35.2 Å². The number of imide groups is 1. The topological polar surface area (TPSA) is 55.4 Å². The number of thioether (sulfide) groups is 1. The van der Waals surface area contributed by atoms with Crippen LogP contribution in [0, 0.1) is 0 Å². The lowest BCUT2D eigenvalue weighted by atomic mass is 9.62. The van der Waals surface area contributed by atoms with Gasteiger partial charge in [0.15, 0.2) is 0 Å². The number of ether oxygens (including phenoxy) is 1. The van der Waals surface area contributed by atoms with Crippen molar-refractivity contribution < 1.29 is 27.5 Å². The number of halogens is 3. The molecular weight excluding hydrogens is 463 g/mol. The highest BCUT2D eigenvalue weighted by molar-refractivity contribution is 8.18. The van der Waals surface area contributed by atoms with Crippen LogP contribution in [-0.4, -0.2) is 18.3 Å². The van der Waals surface area contributed by atoms with Crippen molar-refractivity contribution in [3.63, 3.8) is 0 Å². The van der Waals surface area contributed by atoms with Crippen molar-refractivity contribution in [1.29, 1.82) is 0 Å². The van der Waals surface area contributed by atoms with Gasteiger partial charge in [-0.1, -0.05) is 39.8 Å². The summed E-state index contributed by atoms with van der Waals surface area (Å²) in [6, 6.07) is 7.80. The van der Waals surface area contributed by atoms with E-state index in [0.717, 1.165) is 18.4 Å². The van der Waals surface area contributed by atoms with Gasteiger partial charge in [0.2, 0.25) is 0 Å². The molecule has 1 aliphatic carbocycles. The molecule has 2 aromatic rings. The summed E-state index contributed by atoms with van der Waals surface area (Å²) in [4.78, 5) is 23.9. The second-order valence-electron chi connectivity index (χ2n) is 9.99. The second kappa shape index (κ2) is 8.18. The fourth-order valence-electron chi connectivity index (χ4n) is 4.74.